The average molecular weight is 234 g/mol. The second-order valence-corrected chi connectivity index (χ2v) is 2.96. The molecule has 0 unspecified atom stereocenters. The zero-order chi connectivity index (χ0) is 12.1. The molecule has 0 aliphatic heterocycles. The highest BCUT2D eigenvalue weighted by Gasteiger charge is 1.96. The molecule has 96 valence electrons. The van der Waals surface area contributed by atoms with Gasteiger partial charge in [0.25, 0.3) is 0 Å². The summed E-state index contributed by atoms with van der Waals surface area (Å²) in [5.41, 5.74) is 0. The number of nitrogens with one attached hydrogen (secondary N) is 2. The van der Waals surface area contributed by atoms with Gasteiger partial charge in [-0.1, -0.05) is 6.92 Å². The van der Waals surface area contributed by atoms with E-state index >= 15 is 0 Å². The molecule has 6 heteroatoms. The van der Waals surface area contributed by atoms with E-state index in [1.165, 1.54) is 7.05 Å². The van der Waals surface area contributed by atoms with Gasteiger partial charge in [0.1, 0.15) is 6.61 Å². The minimum atomic E-state index is -0.439. The molecule has 0 aromatic rings. The van der Waals surface area contributed by atoms with Gasteiger partial charge in [-0.25, -0.2) is 4.79 Å². The normalized spacial score (nSPS) is 10.1. The van der Waals surface area contributed by atoms with Crippen molar-refractivity contribution in [2.45, 2.75) is 6.92 Å². The van der Waals surface area contributed by atoms with E-state index < -0.39 is 6.09 Å². The number of likely N-dealkylation sites (N-methyl/N-ethyl adjacent to an activating group) is 1. The van der Waals surface area contributed by atoms with E-state index in [2.05, 4.69) is 17.6 Å². The van der Waals surface area contributed by atoms with Crippen LogP contribution in [-0.4, -0.2) is 59.3 Å². The molecule has 1 amide bonds. The Morgan fingerprint density at radius 2 is 1.69 bits per heavy atom. The van der Waals surface area contributed by atoms with Crippen molar-refractivity contribution in [2.24, 2.45) is 0 Å². The van der Waals surface area contributed by atoms with Crippen LogP contribution in [0.4, 0.5) is 4.79 Å². The van der Waals surface area contributed by atoms with Crippen molar-refractivity contribution in [3.63, 3.8) is 0 Å². The van der Waals surface area contributed by atoms with E-state index in [9.17, 15) is 4.79 Å². The molecule has 0 atom stereocenters. The molecule has 0 aliphatic carbocycles. The number of carbonyl (C=O) groups is 1. The Hall–Kier alpha value is -0.850. The number of hydrogen-bond donors (Lipinski definition) is 2. The lowest BCUT2D eigenvalue weighted by molar-refractivity contribution is 0.0292. The van der Waals surface area contributed by atoms with Crippen molar-refractivity contribution in [1.82, 2.24) is 10.6 Å². The maximum absolute atomic E-state index is 10.6. The molecule has 0 rings (SSSR count). The van der Waals surface area contributed by atoms with E-state index in [1.54, 1.807) is 0 Å². The van der Waals surface area contributed by atoms with Crippen LogP contribution in [0, 0.1) is 0 Å². The monoisotopic (exact) mass is 234 g/mol. The fraction of sp³-hybridized carbons (Fsp3) is 0.900. The summed E-state index contributed by atoms with van der Waals surface area (Å²) < 4.78 is 15.2. The van der Waals surface area contributed by atoms with Gasteiger partial charge < -0.3 is 24.8 Å². The number of hydrogen-bond acceptors (Lipinski definition) is 5. The topological polar surface area (TPSA) is 68.8 Å². The first-order valence-electron chi connectivity index (χ1n) is 5.52. The number of amides is 1. The van der Waals surface area contributed by atoms with E-state index in [4.69, 9.17) is 14.2 Å². The molecule has 0 aliphatic rings. The van der Waals surface area contributed by atoms with Gasteiger partial charge in [-0.05, 0) is 6.54 Å². The Labute approximate surface area is 96.6 Å². The molecule has 0 fully saturated rings. The van der Waals surface area contributed by atoms with Gasteiger partial charge in [0.05, 0.1) is 26.4 Å². The molecular formula is C10H22N2O4. The molecule has 16 heavy (non-hydrogen) atoms. The SMILES string of the molecule is CCNCCOCCOCCOC(=O)NC. The van der Waals surface area contributed by atoms with Crippen LogP contribution in [0.2, 0.25) is 0 Å². The lowest BCUT2D eigenvalue weighted by atomic mass is 10.6. The smallest absolute Gasteiger partial charge is 0.406 e. The van der Waals surface area contributed by atoms with Crippen molar-refractivity contribution >= 4 is 6.09 Å². The molecule has 6 nitrogen and oxygen atoms in total. The standard InChI is InChI=1S/C10H22N2O4/c1-3-12-4-5-14-6-7-15-8-9-16-10(13)11-2/h12H,3-9H2,1-2H3,(H,11,13). The van der Waals surface area contributed by atoms with Gasteiger partial charge in [-0.2, -0.15) is 0 Å². The van der Waals surface area contributed by atoms with Gasteiger partial charge in [-0.15, -0.1) is 0 Å². The first kappa shape index (κ1) is 15.2. The summed E-state index contributed by atoms with van der Waals surface area (Å²) in [7, 11) is 1.52. The minimum absolute atomic E-state index is 0.261. The van der Waals surface area contributed by atoms with Crippen molar-refractivity contribution in [2.75, 3.05) is 53.2 Å². The zero-order valence-electron chi connectivity index (χ0n) is 10.1. The lowest BCUT2D eigenvalue weighted by Gasteiger charge is -2.06. The van der Waals surface area contributed by atoms with Crippen LogP contribution in [0.3, 0.4) is 0 Å². The Kier molecular flexibility index (Phi) is 11.6. The molecular weight excluding hydrogens is 212 g/mol. The quantitative estimate of drug-likeness (QED) is 0.520. The van der Waals surface area contributed by atoms with Crippen molar-refractivity contribution in [3.8, 4) is 0 Å². The minimum Gasteiger partial charge on any atom is -0.447 e. The van der Waals surface area contributed by atoms with Crippen LogP contribution in [-0.2, 0) is 14.2 Å². The van der Waals surface area contributed by atoms with Gasteiger partial charge in [0.2, 0.25) is 0 Å². The Morgan fingerprint density at radius 1 is 1.06 bits per heavy atom. The molecule has 0 saturated carbocycles. The van der Waals surface area contributed by atoms with E-state index in [0.29, 0.717) is 26.4 Å². The summed E-state index contributed by atoms with van der Waals surface area (Å²) in [5.74, 6) is 0. The first-order valence-corrected chi connectivity index (χ1v) is 5.52. The predicted molar refractivity (Wildman–Crippen MR) is 60.6 cm³/mol. The van der Waals surface area contributed by atoms with Crippen LogP contribution in [0.5, 0.6) is 0 Å². The zero-order valence-corrected chi connectivity index (χ0v) is 10.1. The number of rotatable bonds is 10. The molecule has 0 aromatic heterocycles. The second kappa shape index (κ2) is 12.2. The number of ether oxygens (including phenoxy) is 3. The molecule has 0 saturated heterocycles. The Bertz CT molecular complexity index is 167. The van der Waals surface area contributed by atoms with Crippen molar-refractivity contribution in [3.05, 3.63) is 0 Å². The maximum atomic E-state index is 10.6. The third kappa shape index (κ3) is 11.2. The van der Waals surface area contributed by atoms with Crippen LogP contribution in [0.25, 0.3) is 0 Å². The summed E-state index contributed by atoms with van der Waals surface area (Å²) in [6.07, 6.45) is -0.439. The van der Waals surface area contributed by atoms with Gasteiger partial charge in [-0.3, -0.25) is 0 Å². The van der Waals surface area contributed by atoms with Crippen molar-refractivity contribution in [1.29, 1.82) is 0 Å². The van der Waals surface area contributed by atoms with E-state index in [1.807, 2.05) is 0 Å². The number of carbonyl (C=O) groups excluding carboxylic acids is 1. The van der Waals surface area contributed by atoms with Crippen LogP contribution >= 0.6 is 0 Å². The molecule has 0 spiro atoms. The molecule has 0 bridgehead atoms. The Morgan fingerprint density at radius 3 is 2.31 bits per heavy atom. The fourth-order valence-electron chi connectivity index (χ4n) is 0.909. The highest BCUT2D eigenvalue weighted by molar-refractivity contribution is 5.66. The second-order valence-electron chi connectivity index (χ2n) is 2.96. The summed E-state index contributed by atoms with van der Waals surface area (Å²) in [4.78, 5) is 10.6. The lowest BCUT2D eigenvalue weighted by Crippen LogP contribution is -2.22. The van der Waals surface area contributed by atoms with Gasteiger partial charge in [0.15, 0.2) is 0 Å². The van der Waals surface area contributed by atoms with Crippen LogP contribution < -0.4 is 10.6 Å². The molecule has 0 heterocycles. The largest absolute Gasteiger partial charge is 0.447 e. The molecule has 0 radical (unpaired) electrons. The third-order valence-corrected chi connectivity index (χ3v) is 1.71. The maximum Gasteiger partial charge on any atom is 0.406 e. The predicted octanol–water partition coefficient (Wildman–Crippen LogP) is -0.0149. The first-order chi connectivity index (χ1) is 7.81. The van der Waals surface area contributed by atoms with Crippen molar-refractivity contribution < 1.29 is 19.0 Å². The Balaban J connectivity index is 2.96. The summed E-state index contributed by atoms with van der Waals surface area (Å²) in [5, 5.41) is 5.50. The van der Waals surface area contributed by atoms with Gasteiger partial charge in [0, 0.05) is 13.6 Å². The summed E-state index contributed by atoms with van der Waals surface area (Å²) in [6, 6.07) is 0. The highest BCUT2D eigenvalue weighted by atomic mass is 16.6. The third-order valence-electron chi connectivity index (χ3n) is 1.71. The molecule has 2 N–H and O–H groups in total. The highest BCUT2D eigenvalue weighted by Crippen LogP contribution is 1.81. The average Bonchev–Trinajstić information content (AvgIpc) is 2.31. The number of alkyl carbamates (subject to hydrolysis) is 1. The van der Waals surface area contributed by atoms with E-state index in [0.717, 1.165) is 13.1 Å². The van der Waals surface area contributed by atoms with E-state index in [-0.39, 0.29) is 6.61 Å². The van der Waals surface area contributed by atoms with Crippen LogP contribution in [0.15, 0.2) is 0 Å². The molecule has 0 aromatic carbocycles. The summed E-state index contributed by atoms with van der Waals surface area (Å²) in [6.45, 7) is 6.28. The summed E-state index contributed by atoms with van der Waals surface area (Å²) >= 11 is 0. The fourth-order valence-corrected chi connectivity index (χ4v) is 0.909. The van der Waals surface area contributed by atoms with Gasteiger partial charge >= 0.3 is 6.09 Å². The van der Waals surface area contributed by atoms with Crippen LogP contribution in [0.1, 0.15) is 6.92 Å².